The number of thioether (sulfide) groups is 1. The molecule has 0 bridgehead atoms. The molecule has 0 radical (unpaired) electrons. The maximum Gasteiger partial charge on any atom is 1.00 e. The van der Waals surface area contributed by atoms with E-state index in [0.29, 0.717) is 0 Å². The van der Waals surface area contributed by atoms with Crippen LogP contribution in [0.15, 0.2) is 0 Å². The van der Waals surface area contributed by atoms with E-state index in [1.54, 1.807) is 0 Å². The molecule has 0 saturated carbocycles. The van der Waals surface area contributed by atoms with Gasteiger partial charge in [-0.05, 0) is 0 Å². The normalized spacial score (nSPS) is 8.00. The van der Waals surface area contributed by atoms with Crippen LogP contribution in [0, 0.1) is 0 Å². The summed E-state index contributed by atoms with van der Waals surface area (Å²) < 4.78 is 0. The van der Waals surface area contributed by atoms with Crippen molar-refractivity contribution in [1.82, 2.24) is 0 Å². The Hall–Kier alpha value is 0.926. The molecule has 10 heavy (non-hydrogen) atoms. The third-order valence-corrected chi connectivity index (χ3v) is 1.34. The smallest absolute Gasteiger partial charge is 0.549 e. The van der Waals surface area contributed by atoms with Gasteiger partial charge in [-0.2, -0.15) is 0 Å². The predicted octanol–water partition coefficient (Wildman–Crippen LogP) is -4.44. The number of aliphatic carboxylic acids is 2. The fourth-order valence-electron chi connectivity index (χ4n) is 0.222. The van der Waals surface area contributed by atoms with Crippen molar-refractivity contribution >= 4 is 23.7 Å². The van der Waals surface area contributed by atoms with Gasteiger partial charge in [0.2, 0.25) is 0 Å². The first kappa shape index (κ1) is 13.5. The molecule has 0 rings (SSSR count). The Bertz CT molecular complexity index is 112. The molecule has 6 heteroatoms. The van der Waals surface area contributed by atoms with Gasteiger partial charge in [0.15, 0.2) is 0 Å². The molecule has 0 aliphatic heterocycles. The Kier molecular flexibility index (Phi) is 10.8. The zero-order valence-electron chi connectivity index (χ0n) is 5.49. The fraction of sp³-hybridized carbons (Fsp3) is 0.500. The fourth-order valence-corrected chi connectivity index (χ4v) is 0.665. The van der Waals surface area contributed by atoms with E-state index in [-0.39, 0.29) is 62.9 Å². The molecule has 0 spiro atoms. The molecule has 0 aromatic heterocycles. The van der Waals surface area contributed by atoms with Crippen LogP contribution in [0.2, 0.25) is 0 Å². The van der Waals surface area contributed by atoms with E-state index in [1.165, 1.54) is 0 Å². The number of carboxylic acid groups (broad SMARTS) is 2. The van der Waals surface area contributed by atoms with Crippen LogP contribution in [0.5, 0.6) is 0 Å². The SMILES string of the molecule is O=C([O-])CSCC(=O)O.[K+]. The summed E-state index contributed by atoms with van der Waals surface area (Å²) in [6.45, 7) is 0. The van der Waals surface area contributed by atoms with Gasteiger partial charge in [-0.1, -0.05) is 0 Å². The molecule has 4 nitrogen and oxygen atoms in total. The maximum atomic E-state index is 9.75. The van der Waals surface area contributed by atoms with Gasteiger partial charge in [0, 0.05) is 5.75 Å². The van der Waals surface area contributed by atoms with Crippen LogP contribution in [-0.4, -0.2) is 28.6 Å². The van der Waals surface area contributed by atoms with E-state index in [0.717, 1.165) is 11.8 Å². The molecule has 0 heterocycles. The molecular formula is C4H5KO4S. The summed E-state index contributed by atoms with van der Waals surface area (Å²) in [4.78, 5) is 19.4. The second kappa shape index (κ2) is 8.03. The van der Waals surface area contributed by atoms with Crippen molar-refractivity contribution in [3.8, 4) is 0 Å². The summed E-state index contributed by atoms with van der Waals surface area (Å²) >= 11 is 0.808. The molecule has 0 aliphatic rings. The van der Waals surface area contributed by atoms with Crippen LogP contribution >= 0.6 is 11.8 Å². The van der Waals surface area contributed by atoms with Crippen LogP contribution in [0.25, 0.3) is 0 Å². The summed E-state index contributed by atoms with van der Waals surface area (Å²) in [5.74, 6) is -2.69. The van der Waals surface area contributed by atoms with Crippen molar-refractivity contribution in [2.75, 3.05) is 11.5 Å². The van der Waals surface area contributed by atoms with Crippen LogP contribution < -0.4 is 56.5 Å². The second-order valence-electron chi connectivity index (χ2n) is 1.26. The Balaban J connectivity index is 0. The van der Waals surface area contributed by atoms with Gasteiger partial charge in [-0.25, -0.2) is 0 Å². The molecule has 0 unspecified atom stereocenters. The molecular weight excluding hydrogens is 183 g/mol. The van der Waals surface area contributed by atoms with Gasteiger partial charge in [0.25, 0.3) is 0 Å². The third kappa shape index (κ3) is 11.7. The van der Waals surface area contributed by atoms with Gasteiger partial charge in [-0.3, -0.25) is 4.79 Å². The van der Waals surface area contributed by atoms with Gasteiger partial charge >= 0.3 is 57.4 Å². The van der Waals surface area contributed by atoms with Crippen molar-refractivity contribution in [1.29, 1.82) is 0 Å². The first-order chi connectivity index (χ1) is 4.13. The van der Waals surface area contributed by atoms with Crippen LogP contribution in [0.4, 0.5) is 0 Å². The van der Waals surface area contributed by atoms with E-state index >= 15 is 0 Å². The minimum absolute atomic E-state index is 0. The zero-order chi connectivity index (χ0) is 7.28. The summed E-state index contributed by atoms with van der Waals surface area (Å²) in [7, 11) is 0. The number of rotatable bonds is 4. The monoisotopic (exact) mass is 188 g/mol. The first-order valence-electron chi connectivity index (χ1n) is 2.12. The van der Waals surface area contributed by atoms with Crippen molar-refractivity contribution < 1.29 is 71.2 Å². The molecule has 0 saturated heterocycles. The van der Waals surface area contributed by atoms with Crippen LogP contribution in [0.1, 0.15) is 0 Å². The van der Waals surface area contributed by atoms with Crippen molar-refractivity contribution in [3.05, 3.63) is 0 Å². The molecule has 0 fully saturated rings. The number of hydrogen-bond acceptors (Lipinski definition) is 4. The number of carboxylic acids is 2. The van der Waals surface area contributed by atoms with Crippen molar-refractivity contribution in [2.45, 2.75) is 0 Å². The number of carbonyl (C=O) groups is 2. The number of hydrogen-bond donors (Lipinski definition) is 1. The average molecular weight is 188 g/mol. The molecule has 0 amide bonds. The van der Waals surface area contributed by atoms with Gasteiger partial charge < -0.3 is 15.0 Å². The van der Waals surface area contributed by atoms with E-state index < -0.39 is 11.9 Å². The van der Waals surface area contributed by atoms with E-state index in [4.69, 9.17) is 5.11 Å². The largest absolute Gasteiger partial charge is 1.00 e. The maximum absolute atomic E-state index is 9.75. The summed E-state index contributed by atoms with van der Waals surface area (Å²) in [6.07, 6.45) is 0. The molecule has 0 aliphatic carbocycles. The molecule has 0 atom stereocenters. The van der Waals surface area contributed by atoms with Crippen molar-refractivity contribution in [2.24, 2.45) is 0 Å². The minimum atomic E-state index is -1.23. The Morgan fingerprint density at radius 3 is 2.20 bits per heavy atom. The van der Waals surface area contributed by atoms with Gasteiger partial charge in [-0.15, -0.1) is 11.8 Å². The molecule has 0 aromatic rings. The predicted molar refractivity (Wildman–Crippen MR) is 30.0 cm³/mol. The molecule has 1 N–H and O–H groups in total. The van der Waals surface area contributed by atoms with E-state index in [9.17, 15) is 14.7 Å². The standard InChI is InChI=1S/C4H6O4S.K/c5-3(6)1-9-2-4(7)8;/h1-2H2,(H,5,6)(H,7,8);/q;+1/p-1. The zero-order valence-corrected chi connectivity index (χ0v) is 9.43. The Labute approximate surface area is 105 Å². The molecule has 0 aromatic carbocycles. The van der Waals surface area contributed by atoms with Gasteiger partial charge in [0.1, 0.15) is 0 Å². The van der Waals surface area contributed by atoms with Gasteiger partial charge in [0.05, 0.1) is 11.7 Å². The van der Waals surface area contributed by atoms with Crippen LogP contribution in [0.3, 0.4) is 0 Å². The Morgan fingerprint density at radius 1 is 1.40 bits per heavy atom. The molecule has 52 valence electrons. The first-order valence-corrected chi connectivity index (χ1v) is 3.28. The van der Waals surface area contributed by atoms with E-state index in [1.807, 2.05) is 0 Å². The van der Waals surface area contributed by atoms with E-state index in [2.05, 4.69) is 0 Å². The minimum Gasteiger partial charge on any atom is -0.549 e. The number of carbonyl (C=O) groups excluding carboxylic acids is 1. The quantitative estimate of drug-likeness (QED) is 0.450. The van der Waals surface area contributed by atoms with Crippen LogP contribution in [-0.2, 0) is 9.59 Å². The second-order valence-corrected chi connectivity index (χ2v) is 2.24. The Morgan fingerprint density at radius 2 is 1.90 bits per heavy atom. The third-order valence-electron chi connectivity index (χ3n) is 0.445. The topological polar surface area (TPSA) is 77.4 Å². The summed E-state index contributed by atoms with van der Waals surface area (Å²) in [6, 6.07) is 0. The van der Waals surface area contributed by atoms with Crippen molar-refractivity contribution in [3.63, 3.8) is 0 Å². The summed E-state index contributed by atoms with van der Waals surface area (Å²) in [5, 5.41) is 17.6. The average Bonchev–Trinajstić information content (AvgIpc) is 1.63. The summed E-state index contributed by atoms with van der Waals surface area (Å²) in [5.41, 5.74) is 0.